The third-order valence-corrected chi connectivity index (χ3v) is 3.35. The molecule has 0 bridgehead atoms. The highest BCUT2D eigenvalue weighted by atomic mass is 19.3. The van der Waals surface area contributed by atoms with E-state index in [0.29, 0.717) is 32.0 Å². The van der Waals surface area contributed by atoms with Crippen molar-refractivity contribution in [2.75, 3.05) is 37.6 Å². The Kier molecular flexibility index (Phi) is 4.94. The Hall–Kier alpha value is -1.90. The van der Waals surface area contributed by atoms with Crippen molar-refractivity contribution in [2.24, 2.45) is 0 Å². The minimum atomic E-state index is -2.96. The fraction of sp³-hybridized carbons (Fsp3) is 0.583. The van der Waals surface area contributed by atoms with Gasteiger partial charge in [-0.1, -0.05) is 0 Å². The molecule has 21 heavy (non-hydrogen) atoms. The molecular formula is C12H15F3N4O2. The van der Waals surface area contributed by atoms with Crippen LogP contribution in [0.25, 0.3) is 0 Å². The number of nitrogens with zero attached hydrogens (tertiary/aromatic N) is 4. The van der Waals surface area contributed by atoms with E-state index in [1.165, 1.54) is 12.3 Å². The number of alkyl halides is 3. The molecule has 1 aliphatic rings. The maximum Gasteiger partial charge on any atom is 0.287 e. The molecule has 0 saturated carbocycles. The van der Waals surface area contributed by atoms with Gasteiger partial charge in [0.25, 0.3) is 12.1 Å². The SMILES string of the molecule is O=[N+]([O-])c1ccc(N2CCN(CC(F)C(F)F)CC2)nc1. The van der Waals surface area contributed by atoms with Crippen molar-refractivity contribution in [3.63, 3.8) is 0 Å². The van der Waals surface area contributed by atoms with Gasteiger partial charge in [-0.15, -0.1) is 0 Å². The first-order valence-electron chi connectivity index (χ1n) is 6.47. The van der Waals surface area contributed by atoms with Gasteiger partial charge < -0.3 is 4.90 Å². The molecule has 2 heterocycles. The minimum Gasteiger partial charge on any atom is -0.354 e. The van der Waals surface area contributed by atoms with Crippen LogP contribution in [-0.2, 0) is 0 Å². The second kappa shape index (κ2) is 6.70. The number of piperazine rings is 1. The molecule has 116 valence electrons. The van der Waals surface area contributed by atoms with Gasteiger partial charge >= 0.3 is 0 Å². The third kappa shape index (κ3) is 4.03. The van der Waals surface area contributed by atoms with Crippen molar-refractivity contribution in [1.29, 1.82) is 0 Å². The van der Waals surface area contributed by atoms with Crippen LogP contribution >= 0.6 is 0 Å². The minimum absolute atomic E-state index is 0.0883. The van der Waals surface area contributed by atoms with Crippen LogP contribution in [-0.4, -0.2) is 60.1 Å². The first-order valence-corrected chi connectivity index (χ1v) is 6.47. The average Bonchev–Trinajstić information content (AvgIpc) is 2.48. The number of pyridine rings is 1. The second-order valence-corrected chi connectivity index (χ2v) is 4.77. The molecule has 1 aliphatic heterocycles. The van der Waals surface area contributed by atoms with Crippen LogP contribution < -0.4 is 4.90 Å². The van der Waals surface area contributed by atoms with E-state index in [2.05, 4.69) is 4.98 Å². The Labute approximate surface area is 119 Å². The normalized spacial score (nSPS) is 18.0. The summed E-state index contributed by atoms with van der Waals surface area (Å²) in [6, 6.07) is 2.91. The highest BCUT2D eigenvalue weighted by molar-refractivity contribution is 5.43. The van der Waals surface area contributed by atoms with Crippen molar-refractivity contribution in [2.45, 2.75) is 12.6 Å². The van der Waals surface area contributed by atoms with Gasteiger partial charge in [-0.2, -0.15) is 0 Å². The zero-order valence-electron chi connectivity index (χ0n) is 11.2. The van der Waals surface area contributed by atoms with E-state index in [1.54, 1.807) is 11.0 Å². The number of hydrogen-bond donors (Lipinski definition) is 0. The highest BCUT2D eigenvalue weighted by Crippen LogP contribution is 2.18. The van der Waals surface area contributed by atoms with Gasteiger partial charge in [0.15, 0.2) is 6.17 Å². The molecule has 9 heteroatoms. The van der Waals surface area contributed by atoms with Gasteiger partial charge in [0.2, 0.25) is 0 Å². The molecule has 1 saturated heterocycles. The average molecular weight is 304 g/mol. The Morgan fingerprint density at radius 3 is 2.38 bits per heavy atom. The molecule has 1 unspecified atom stereocenters. The molecule has 0 N–H and O–H groups in total. The summed E-state index contributed by atoms with van der Waals surface area (Å²) in [5, 5.41) is 10.5. The smallest absolute Gasteiger partial charge is 0.287 e. The van der Waals surface area contributed by atoms with E-state index in [0.717, 1.165) is 0 Å². The van der Waals surface area contributed by atoms with Crippen molar-refractivity contribution in [1.82, 2.24) is 9.88 Å². The molecule has 1 atom stereocenters. The summed E-state index contributed by atoms with van der Waals surface area (Å²) >= 11 is 0. The summed E-state index contributed by atoms with van der Waals surface area (Å²) < 4.78 is 37.3. The van der Waals surface area contributed by atoms with Crippen LogP contribution in [0, 0.1) is 10.1 Å². The van der Waals surface area contributed by atoms with Crippen LogP contribution in [0.15, 0.2) is 18.3 Å². The number of halogens is 3. The lowest BCUT2D eigenvalue weighted by Gasteiger charge is -2.35. The first kappa shape index (κ1) is 15.5. The van der Waals surface area contributed by atoms with Crippen LogP contribution in [0.4, 0.5) is 24.7 Å². The maximum absolute atomic E-state index is 13.0. The number of anilines is 1. The lowest BCUT2D eigenvalue weighted by molar-refractivity contribution is -0.385. The topological polar surface area (TPSA) is 62.5 Å². The van der Waals surface area contributed by atoms with Gasteiger partial charge in [0.05, 0.1) is 4.92 Å². The van der Waals surface area contributed by atoms with E-state index in [1.807, 2.05) is 4.90 Å². The Bertz CT molecular complexity index is 478. The molecule has 1 aromatic rings. The molecule has 0 spiro atoms. The van der Waals surface area contributed by atoms with Crippen molar-refractivity contribution < 1.29 is 18.1 Å². The summed E-state index contributed by atoms with van der Waals surface area (Å²) in [7, 11) is 0. The number of rotatable bonds is 5. The summed E-state index contributed by atoms with van der Waals surface area (Å²) in [6.45, 7) is 1.65. The fourth-order valence-corrected chi connectivity index (χ4v) is 2.16. The summed E-state index contributed by atoms with van der Waals surface area (Å²) in [5.41, 5.74) is -0.0883. The van der Waals surface area contributed by atoms with Crippen molar-refractivity contribution >= 4 is 11.5 Å². The number of hydrogen-bond acceptors (Lipinski definition) is 5. The predicted molar refractivity (Wildman–Crippen MR) is 70.4 cm³/mol. The quantitative estimate of drug-likeness (QED) is 0.612. The predicted octanol–water partition coefficient (Wildman–Crippen LogP) is 1.72. The fourth-order valence-electron chi connectivity index (χ4n) is 2.16. The molecule has 1 aromatic heterocycles. The largest absolute Gasteiger partial charge is 0.354 e. The highest BCUT2D eigenvalue weighted by Gasteiger charge is 2.25. The van der Waals surface area contributed by atoms with Crippen LogP contribution in [0.2, 0.25) is 0 Å². The number of nitro groups is 1. The van der Waals surface area contributed by atoms with Crippen LogP contribution in [0.1, 0.15) is 0 Å². The van der Waals surface area contributed by atoms with Crippen LogP contribution in [0.5, 0.6) is 0 Å². The monoisotopic (exact) mass is 304 g/mol. The summed E-state index contributed by atoms with van der Waals surface area (Å²) in [4.78, 5) is 17.5. The van der Waals surface area contributed by atoms with Gasteiger partial charge in [0.1, 0.15) is 12.0 Å². The number of aromatic nitrogens is 1. The van der Waals surface area contributed by atoms with Gasteiger partial charge in [-0.25, -0.2) is 18.2 Å². The molecule has 1 fully saturated rings. The Balaban J connectivity index is 1.87. The van der Waals surface area contributed by atoms with E-state index < -0.39 is 17.5 Å². The summed E-state index contributed by atoms with van der Waals surface area (Å²) in [6.07, 6.45) is -3.91. The molecule has 6 nitrogen and oxygen atoms in total. The first-order chi connectivity index (χ1) is 9.97. The zero-order chi connectivity index (χ0) is 15.4. The molecule has 2 rings (SSSR count). The van der Waals surface area contributed by atoms with E-state index in [4.69, 9.17) is 0 Å². The van der Waals surface area contributed by atoms with Crippen LogP contribution in [0.3, 0.4) is 0 Å². The van der Waals surface area contributed by atoms with E-state index in [9.17, 15) is 23.3 Å². The lowest BCUT2D eigenvalue weighted by atomic mass is 10.2. The van der Waals surface area contributed by atoms with Gasteiger partial charge in [-0.05, 0) is 6.07 Å². The molecule has 0 radical (unpaired) electrons. The van der Waals surface area contributed by atoms with E-state index in [-0.39, 0.29) is 12.2 Å². The molecular weight excluding hydrogens is 289 g/mol. The summed E-state index contributed by atoms with van der Waals surface area (Å²) in [5.74, 6) is 0.589. The van der Waals surface area contributed by atoms with Gasteiger partial charge in [-0.3, -0.25) is 15.0 Å². The molecule has 0 aliphatic carbocycles. The van der Waals surface area contributed by atoms with Gasteiger partial charge in [0, 0.05) is 38.8 Å². The van der Waals surface area contributed by atoms with E-state index >= 15 is 0 Å². The second-order valence-electron chi connectivity index (χ2n) is 4.77. The molecule has 0 amide bonds. The van der Waals surface area contributed by atoms with Crippen molar-refractivity contribution in [3.05, 3.63) is 28.4 Å². The maximum atomic E-state index is 13.0. The lowest BCUT2D eigenvalue weighted by Crippen LogP contribution is -2.49. The third-order valence-electron chi connectivity index (χ3n) is 3.35. The molecule has 0 aromatic carbocycles. The Morgan fingerprint density at radius 1 is 1.24 bits per heavy atom. The zero-order valence-corrected chi connectivity index (χ0v) is 11.2. The standard InChI is InChI=1S/C12H15F3N4O2/c13-10(12(14)15)8-17-3-5-18(6-4-17)11-2-1-9(7-16-11)19(20)21/h1-2,7,10,12H,3-6,8H2. The van der Waals surface area contributed by atoms with Crippen molar-refractivity contribution in [3.8, 4) is 0 Å². The Morgan fingerprint density at radius 2 is 1.90 bits per heavy atom.